The van der Waals surface area contributed by atoms with Gasteiger partial charge in [0.2, 0.25) is 0 Å². The highest BCUT2D eigenvalue weighted by Gasteiger charge is 2.23. The van der Waals surface area contributed by atoms with Crippen LogP contribution in [0.15, 0.2) is 12.1 Å². The van der Waals surface area contributed by atoms with Crippen molar-refractivity contribution in [2.24, 2.45) is 5.73 Å². The van der Waals surface area contributed by atoms with Crippen molar-refractivity contribution in [2.45, 2.75) is 0 Å². The van der Waals surface area contributed by atoms with E-state index < -0.39 is 11.7 Å². The molecule has 0 bridgehead atoms. The molecule has 0 atom stereocenters. The number of rotatable bonds is 5. The highest BCUT2D eigenvalue weighted by molar-refractivity contribution is 6.43. The van der Waals surface area contributed by atoms with Crippen LogP contribution >= 0.6 is 0 Å². The van der Waals surface area contributed by atoms with Crippen LogP contribution in [0.3, 0.4) is 0 Å². The van der Waals surface area contributed by atoms with Crippen molar-refractivity contribution in [1.82, 2.24) is 0 Å². The van der Waals surface area contributed by atoms with Crippen molar-refractivity contribution in [2.75, 3.05) is 21.3 Å². The first-order valence-electron chi connectivity index (χ1n) is 4.69. The minimum Gasteiger partial charge on any atom is -0.496 e. The number of hydrogen-bond donors (Lipinski definition) is 1. The molecule has 6 heteroatoms. The summed E-state index contributed by atoms with van der Waals surface area (Å²) in [5, 5.41) is 0. The minimum atomic E-state index is -1.08. The standard InChI is InChI=1S/C11H13NO5/c1-15-6-4-7(16-2)9(8(5-6)17-3)10(13)11(12)14/h4-5H,1-3H3,(H2,12,14). The number of nitrogens with two attached hydrogens (primary N) is 1. The van der Waals surface area contributed by atoms with Gasteiger partial charge in [0.1, 0.15) is 22.8 Å². The van der Waals surface area contributed by atoms with E-state index in [1.165, 1.54) is 33.5 Å². The summed E-state index contributed by atoms with van der Waals surface area (Å²) >= 11 is 0. The molecule has 17 heavy (non-hydrogen) atoms. The van der Waals surface area contributed by atoms with Crippen LogP contribution in [0.2, 0.25) is 0 Å². The number of carbonyl (C=O) groups excluding carboxylic acids is 2. The van der Waals surface area contributed by atoms with Crippen molar-refractivity contribution < 1.29 is 23.8 Å². The summed E-state index contributed by atoms with van der Waals surface area (Å²) < 4.78 is 15.0. The molecule has 0 saturated carbocycles. The van der Waals surface area contributed by atoms with Crippen LogP contribution in [0.4, 0.5) is 0 Å². The number of hydrogen-bond acceptors (Lipinski definition) is 5. The van der Waals surface area contributed by atoms with Gasteiger partial charge in [-0.05, 0) is 0 Å². The van der Waals surface area contributed by atoms with E-state index in [0.29, 0.717) is 5.75 Å². The maximum absolute atomic E-state index is 11.6. The van der Waals surface area contributed by atoms with Gasteiger partial charge in [-0.1, -0.05) is 0 Å². The SMILES string of the molecule is COc1cc(OC)c(C(=O)C(N)=O)c(OC)c1. The summed E-state index contributed by atoms with van der Waals surface area (Å²) in [7, 11) is 4.20. The van der Waals surface area contributed by atoms with E-state index in [-0.39, 0.29) is 17.1 Å². The van der Waals surface area contributed by atoms with Crippen molar-refractivity contribution in [3.8, 4) is 17.2 Å². The maximum Gasteiger partial charge on any atom is 0.290 e. The summed E-state index contributed by atoms with van der Waals surface area (Å²) in [6, 6.07) is 2.94. The highest BCUT2D eigenvalue weighted by Crippen LogP contribution is 2.34. The first kappa shape index (κ1) is 12.8. The second-order valence-electron chi connectivity index (χ2n) is 3.10. The molecule has 1 aromatic rings. The highest BCUT2D eigenvalue weighted by atomic mass is 16.5. The van der Waals surface area contributed by atoms with Crippen LogP contribution in [-0.2, 0) is 4.79 Å². The molecule has 1 amide bonds. The lowest BCUT2D eigenvalue weighted by atomic mass is 10.1. The van der Waals surface area contributed by atoms with Crippen LogP contribution in [-0.4, -0.2) is 33.0 Å². The minimum absolute atomic E-state index is 0.0108. The largest absolute Gasteiger partial charge is 0.496 e. The Labute approximate surface area is 98.3 Å². The predicted molar refractivity (Wildman–Crippen MR) is 59.6 cm³/mol. The van der Waals surface area contributed by atoms with Gasteiger partial charge in [-0.25, -0.2) is 0 Å². The number of Topliss-reactive ketones (excluding diaryl/α,β-unsaturated/α-hetero) is 1. The van der Waals surface area contributed by atoms with Gasteiger partial charge in [0.15, 0.2) is 0 Å². The number of ether oxygens (including phenoxy) is 3. The molecule has 0 heterocycles. The summed E-state index contributed by atoms with van der Waals surface area (Å²) in [5.41, 5.74) is 4.94. The lowest BCUT2D eigenvalue weighted by Crippen LogP contribution is -2.24. The zero-order valence-electron chi connectivity index (χ0n) is 9.77. The van der Waals surface area contributed by atoms with Crippen LogP contribution in [0.5, 0.6) is 17.2 Å². The van der Waals surface area contributed by atoms with E-state index in [0.717, 1.165) is 0 Å². The Morgan fingerprint density at radius 3 is 1.76 bits per heavy atom. The average Bonchev–Trinajstić information content (AvgIpc) is 2.35. The lowest BCUT2D eigenvalue weighted by Gasteiger charge is -2.12. The first-order valence-corrected chi connectivity index (χ1v) is 4.69. The number of benzene rings is 1. The topological polar surface area (TPSA) is 87.9 Å². The molecule has 0 unspecified atom stereocenters. The third kappa shape index (κ3) is 2.47. The van der Waals surface area contributed by atoms with E-state index >= 15 is 0 Å². The quantitative estimate of drug-likeness (QED) is 0.592. The van der Waals surface area contributed by atoms with E-state index in [1.807, 2.05) is 0 Å². The number of ketones is 1. The smallest absolute Gasteiger partial charge is 0.290 e. The Morgan fingerprint density at radius 2 is 1.47 bits per heavy atom. The molecular weight excluding hydrogens is 226 g/mol. The van der Waals surface area contributed by atoms with Gasteiger partial charge in [0.25, 0.3) is 11.7 Å². The number of primary amides is 1. The van der Waals surface area contributed by atoms with E-state index in [4.69, 9.17) is 19.9 Å². The molecule has 0 spiro atoms. The number of methoxy groups -OCH3 is 3. The molecule has 1 rings (SSSR count). The van der Waals surface area contributed by atoms with E-state index in [1.54, 1.807) is 0 Å². The van der Waals surface area contributed by atoms with Gasteiger partial charge in [-0.2, -0.15) is 0 Å². The van der Waals surface area contributed by atoms with Crippen molar-refractivity contribution >= 4 is 11.7 Å². The van der Waals surface area contributed by atoms with Crippen molar-refractivity contribution in [3.63, 3.8) is 0 Å². The van der Waals surface area contributed by atoms with Crippen LogP contribution < -0.4 is 19.9 Å². The van der Waals surface area contributed by atoms with Crippen molar-refractivity contribution in [3.05, 3.63) is 17.7 Å². The zero-order chi connectivity index (χ0) is 13.0. The summed E-state index contributed by atoms with van der Waals surface area (Å²) in [6.45, 7) is 0. The average molecular weight is 239 g/mol. The summed E-state index contributed by atoms with van der Waals surface area (Å²) in [6.07, 6.45) is 0. The third-order valence-corrected chi connectivity index (χ3v) is 2.17. The molecule has 0 aliphatic heterocycles. The molecular formula is C11H13NO5. The molecule has 0 aliphatic rings. The molecule has 92 valence electrons. The molecule has 6 nitrogen and oxygen atoms in total. The van der Waals surface area contributed by atoms with E-state index in [9.17, 15) is 9.59 Å². The molecule has 2 N–H and O–H groups in total. The summed E-state index contributed by atoms with van der Waals surface area (Å²) in [5.74, 6) is -1.16. The Balaban J connectivity index is 3.44. The van der Waals surface area contributed by atoms with Gasteiger partial charge in [0.05, 0.1) is 21.3 Å². The third-order valence-electron chi connectivity index (χ3n) is 2.17. The van der Waals surface area contributed by atoms with Gasteiger partial charge >= 0.3 is 0 Å². The molecule has 0 radical (unpaired) electrons. The predicted octanol–water partition coefficient (Wildman–Crippen LogP) is 0.380. The Morgan fingerprint density at radius 1 is 1.00 bits per heavy atom. The van der Waals surface area contributed by atoms with E-state index in [2.05, 4.69) is 0 Å². The normalized spacial score (nSPS) is 9.59. The molecule has 1 aromatic carbocycles. The molecule has 0 fully saturated rings. The number of carbonyl (C=O) groups is 2. The van der Waals surface area contributed by atoms with Gasteiger partial charge in [-0.15, -0.1) is 0 Å². The summed E-state index contributed by atoms with van der Waals surface area (Å²) in [4.78, 5) is 22.5. The van der Waals surface area contributed by atoms with Crippen LogP contribution in [0.25, 0.3) is 0 Å². The Hall–Kier alpha value is -2.24. The van der Waals surface area contributed by atoms with Gasteiger partial charge in [0, 0.05) is 12.1 Å². The molecule has 0 aliphatic carbocycles. The Kier molecular flexibility index (Phi) is 3.92. The van der Waals surface area contributed by atoms with Gasteiger partial charge < -0.3 is 19.9 Å². The van der Waals surface area contributed by atoms with Crippen LogP contribution in [0, 0.1) is 0 Å². The van der Waals surface area contributed by atoms with Crippen molar-refractivity contribution in [1.29, 1.82) is 0 Å². The fourth-order valence-corrected chi connectivity index (χ4v) is 1.35. The number of amides is 1. The fraction of sp³-hybridized carbons (Fsp3) is 0.273. The van der Waals surface area contributed by atoms with Gasteiger partial charge in [-0.3, -0.25) is 9.59 Å². The Bertz CT molecular complexity index is 430. The molecule has 0 saturated heterocycles. The lowest BCUT2D eigenvalue weighted by molar-refractivity contribution is -0.114. The van der Waals surface area contributed by atoms with Crippen LogP contribution in [0.1, 0.15) is 10.4 Å². The maximum atomic E-state index is 11.6. The zero-order valence-corrected chi connectivity index (χ0v) is 9.77. The second kappa shape index (κ2) is 5.20. The first-order chi connectivity index (χ1) is 8.04. The monoisotopic (exact) mass is 239 g/mol. The second-order valence-corrected chi connectivity index (χ2v) is 3.10. The molecule has 0 aromatic heterocycles. The fourth-order valence-electron chi connectivity index (χ4n) is 1.35.